The summed E-state index contributed by atoms with van der Waals surface area (Å²) in [5.74, 6) is 0.637. The van der Waals surface area contributed by atoms with Crippen molar-refractivity contribution >= 4 is 46.1 Å². The summed E-state index contributed by atoms with van der Waals surface area (Å²) in [7, 11) is 1.34. The first-order valence-corrected chi connectivity index (χ1v) is 13.8. The minimum Gasteiger partial charge on any atom is -0.465 e. The van der Waals surface area contributed by atoms with E-state index in [-0.39, 0.29) is 18.4 Å². The summed E-state index contributed by atoms with van der Waals surface area (Å²) in [6.07, 6.45) is 4.26. The van der Waals surface area contributed by atoms with Gasteiger partial charge in [-0.1, -0.05) is 0 Å². The Kier molecular flexibility index (Phi) is 8.33. The molecule has 1 unspecified atom stereocenters. The fourth-order valence-corrected chi connectivity index (χ4v) is 5.18. The van der Waals surface area contributed by atoms with E-state index in [1.807, 2.05) is 36.1 Å². The van der Waals surface area contributed by atoms with Crippen molar-refractivity contribution in [2.24, 2.45) is 4.99 Å². The number of hydrogen-bond acceptors (Lipinski definition) is 6. The molecule has 0 aliphatic carbocycles. The van der Waals surface area contributed by atoms with Crippen molar-refractivity contribution in [1.29, 1.82) is 0 Å². The highest BCUT2D eigenvalue weighted by Gasteiger charge is 2.30. The number of benzene rings is 2. The highest BCUT2D eigenvalue weighted by Crippen LogP contribution is 2.24. The number of furan rings is 1. The number of methoxy groups -OCH3 is 1. The Bertz CT molecular complexity index is 1410. The third kappa shape index (κ3) is 6.44. The van der Waals surface area contributed by atoms with Crippen LogP contribution in [0.5, 0.6) is 0 Å². The van der Waals surface area contributed by atoms with E-state index in [0.717, 1.165) is 61.2 Å². The molecule has 0 bridgehead atoms. The summed E-state index contributed by atoms with van der Waals surface area (Å²) in [5, 5.41) is 7.54. The Balaban J connectivity index is 1.40. The zero-order chi connectivity index (χ0) is 28.1. The van der Waals surface area contributed by atoms with Gasteiger partial charge in [0.15, 0.2) is 0 Å². The van der Waals surface area contributed by atoms with Gasteiger partial charge in [-0.05, 0) is 87.6 Å². The molecule has 3 heterocycles. The van der Waals surface area contributed by atoms with Crippen molar-refractivity contribution in [3.05, 3.63) is 59.9 Å². The summed E-state index contributed by atoms with van der Waals surface area (Å²) in [6.45, 7) is 4.06. The summed E-state index contributed by atoms with van der Waals surface area (Å²) in [5.41, 5.74) is 2.66. The van der Waals surface area contributed by atoms with Crippen LogP contribution in [-0.4, -0.2) is 72.9 Å². The van der Waals surface area contributed by atoms with Crippen molar-refractivity contribution < 1.29 is 23.5 Å². The average molecular weight is 546 g/mol. The van der Waals surface area contributed by atoms with E-state index >= 15 is 0 Å². The van der Waals surface area contributed by atoms with Crippen LogP contribution >= 0.6 is 0 Å². The SMILES string of the molecule is COC(=O)c1ccc(NC(=NC2CCCCN(CC(=O)N3CCCC3)C2=O)Nc2ccc3oc(C)cc3c2)cc1. The molecule has 40 heavy (non-hydrogen) atoms. The zero-order valence-electron chi connectivity index (χ0n) is 22.9. The number of rotatable bonds is 6. The van der Waals surface area contributed by atoms with Gasteiger partial charge in [0.1, 0.15) is 17.4 Å². The minimum absolute atomic E-state index is 0.00126. The number of carbonyl (C=O) groups excluding carboxylic acids is 3. The van der Waals surface area contributed by atoms with E-state index < -0.39 is 12.0 Å². The van der Waals surface area contributed by atoms with Crippen LogP contribution in [0.15, 0.2) is 57.9 Å². The van der Waals surface area contributed by atoms with Gasteiger partial charge in [-0.25, -0.2) is 9.79 Å². The number of ether oxygens (including phenoxy) is 1. The predicted molar refractivity (Wildman–Crippen MR) is 153 cm³/mol. The first-order chi connectivity index (χ1) is 19.4. The Morgan fingerprint density at radius 2 is 1.68 bits per heavy atom. The van der Waals surface area contributed by atoms with Crippen molar-refractivity contribution in [2.75, 3.05) is 43.9 Å². The van der Waals surface area contributed by atoms with Crippen LogP contribution in [-0.2, 0) is 14.3 Å². The van der Waals surface area contributed by atoms with Gasteiger partial charge >= 0.3 is 5.97 Å². The molecule has 1 aromatic heterocycles. The minimum atomic E-state index is -0.641. The van der Waals surface area contributed by atoms with Crippen LogP contribution in [0.3, 0.4) is 0 Å². The second kappa shape index (κ2) is 12.2. The average Bonchev–Trinajstić information content (AvgIpc) is 3.59. The summed E-state index contributed by atoms with van der Waals surface area (Å²) in [6, 6.07) is 13.9. The number of anilines is 2. The number of guanidine groups is 1. The molecule has 2 fully saturated rings. The molecule has 10 nitrogen and oxygen atoms in total. The normalized spacial score (nSPS) is 18.1. The molecule has 0 spiro atoms. The molecule has 210 valence electrons. The van der Waals surface area contributed by atoms with E-state index in [1.54, 1.807) is 29.2 Å². The lowest BCUT2D eigenvalue weighted by atomic mass is 10.1. The van der Waals surface area contributed by atoms with Gasteiger partial charge in [0.25, 0.3) is 0 Å². The van der Waals surface area contributed by atoms with E-state index in [9.17, 15) is 14.4 Å². The summed E-state index contributed by atoms with van der Waals surface area (Å²) >= 11 is 0. The molecule has 5 rings (SSSR count). The molecule has 10 heteroatoms. The summed E-state index contributed by atoms with van der Waals surface area (Å²) in [4.78, 5) is 46.6. The molecular formula is C30H35N5O5. The lowest BCUT2D eigenvalue weighted by Crippen LogP contribution is -2.45. The maximum absolute atomic E-state index is 13.6. The molecule has 0 saturated carbocycles. The fraction of sp³-hybridized carbons (Fsp3) is 0.400. The van der Waals surface area contributed by atoms with Crippen molar-refractivity contribution in [1.82, 2.24) is 9.80 Å². The first kappa shape index (κ1) is 27.2. The van der Waals surface area contributed by atoms with Gasteiger partial charge in [0.2, 0.25) is 17.8 Å². The summed E-state index contributed by atoms with van der Waals surface area (Å²) < 4.78 is 10.5. The van der Waals surface area contributed by atoms with Crippen molar-refractivity contribution in [2.45, 2.75) is 45.1 Å². The number of fused-ring (bicyclic) bond motifs is 1. The van der Waals surface area contributed by atoms with E-state index in [1.165, 1.54) is 7.11 Å². The topological polar surface area (TPSA) is 116 Å². The molecule has 2 aromatic carbocycles. The lowest BCUT2D eigenvalue weighted by Gasteiger charge is -2.25. The molecule has 1 atom stereocenters. The maximum Gasteiger partial charge on any atom is 0.337 e. The van der Waals surface area contributed by atoms with Crippen LogP contribution in [0.4, 0.5) is 11.4 Å². The molecule has 2 aliphatic rings. The van der Waals surface area contributed by atoms with E-state index in [2.05, 4.69) is 10.6 Å². The number of aryl methyl sites for hydroxylation is 1. The molecule has 2 N–H and O–H groups in total. The van der Waals surface area contributed by atoms with Crippen LogP contribution in [0, 0.1) is 6.92 Å². The number of likely N-dealkylation sites (tertiary alicyclic amines) is 2. The van der Waals surface area contributed by atoms with Crippen LogP contribution in [0.25, 0.3) is 11.0 Å². The molecule has 2 aliphatic heterocycles. The zero-order valence-corrected chi connectivity index (χ0v) is 22.9. The Morgan fingerprint density at radius 3 is 2.42 bits per heavy atom. The van der Waals surface area contributed by atoms with Crippen molar-refractivity contribution in [3.8, 4) is 0 Å². The maximum atomic E-state index is 13.6. The third-order valence-corrected chi connectivity index (χ3v) is 7.29. The molecule has 2 amide bonds. The van der Waals surface area contributed by atoms with Crippen LogP contribution < -0.4 is 10.6 Å². The monoisotopic (exact) mass is 545 g/mol. The second-order valence-corrected chi connectivity index (χ2v) is 10.3. The van der Waals surface area contributed by atoms with Gasteiger partial charge in [0.05, 0.1) is 19.2 Å². The highest BCUT2D eigenvalue weighted by atomic mass is 16.5. The standard InChI is InChI=1S/C30H35N5O5/c1-20-17-22-18-24(12-13-26(22)40-20)32-30(31-23-10-8-21(9-11-23)29(38)39-2)33-25-7-3-4-16-35(28(25)37)19-27(36)34-14-5-6-15-34/h8-13,17-18,25H,3-7,14-16,19H2,1-2H3,(H2,31,32,33). The highest BCUT2D eigenvalue weighted by molar-refractivity contribution is 6.06. The number of esters is 1. The molecule has 2 saturated heterocycles. The van der Waals surface area contributed by atoms with Crippen LogP contribution in [0.1, 0.15) is 48.2 Å². The molecular weight excluding hydrogens is 510 g/mol. The van der Waals surface area contributed by atoms with Crippen LogP contribution in [0.2, 0.25) is 0 Å². The quantitative estimate of drug-likeness (QED) is 0.268. The number of nitrogens with one attached hydrogen (secondary N) is 2. The first-order valence-electron chi connectivity index (χ1n) is 13.8. The predicted octanol–water partition coefficient (Wildman–Crippen LogP) is 4.41. The number of nitrogens with zero attached hydrogens (tertiary/aromatic N) is 3. The fourth-order valence-electron chi connectivity index (χ4n) is 5.18. The molecule has 0 radical (unpaired) electrons. The largest absolute Gasteiger partial charge is 0.465 e. The number of amides is 2. The number of carbonyl (C=O) groups is 3. The van der Waals surface area contributed by atoms with Gasteiger partial charge in [-0.3, -0.25) is 9.59 Å². The smallest absolute Gasteiger partial charge is 0.337 e. The van der Waals surface area contributed by atoms with Gasteiger partial charge in [-0.15, -0.1) is 0 Å². The second-order valence-electron chi connectivity index (χ2n) is 10.3. The Labute approximate surface area is 233 Å². The molecule has 3 aromatic rings. The number of hydrogen-bond donors (Lipinski definition) is 2. The Morgan fingerprint density at radius 1 is 0.975 bits per heavy atom. The third-order valence-electron chi connectivity index (χ3n) is 7.29. The van der Waals surface area contributed by atoms with Gasteiger partial charge < -0.3 is 29.6 Å². The van der Waals surface area contributed by atoms with Gasteiger partial charge in [0, 0.05) is 36.4 Å². The number of aliphatic imine (C=N–C) groups is 1. The van der Waals surface area contributed by atoms with E-state index in [0.29, 0.717) is 30.2 Å². The van der Waals surface area contributed by atoms with Crippen molar-refractivity contribution in [3.63, 3.8) is 0 Å². The van der Waals surface area contributed by atoms with E-state index in [4.69, 9.17) is 14.1 Å². The van der Waals surface area contributed by atoms with Gasteiger partial charge in [-0.2, -0.15) is 0 Å². The Hall–Kier alpha value is -4.34. The lowest BCUT2D eigenvalue weighted by molar-refractivity contribution is -0.140.